The van der Waals surface area contributed by atoms with Crippen molar-refractivity contribution in [3.05, 3.63) is 23.3 Å². The lowest BCUT2D eigenvalue weighted by Gasteiger charge is -2.04. The molecule has 1 rings (SSSR count). The van der Waals surface area contributed by atoms with Gasteiger partial charge in [0.05, 0.1) is 12.7 Å². The number of ether oxygens (including phenoxy) is 1. The van der Waals surface area contributed by atoms with Crippen LogP contribution in [0.3, 0.4) is 0 Å². The summed E-state index contributed by atoms with van der Waals surface area (Å²) >= 11 is 0. The van der Waals surface area contributed by atoms with Crippen molar-refractivity contribution in [2.24, 2.45) is 0 Å². The molecule has 0 unspecified atom stereocenters. The second-order valence-electron chi connectivity index (χ2n) is 2.49. The molecule has 5 heteroatoms. The van der Waals surface area contributed by atoms with Crippen LogP contribution in [0.1, 0.15) is 15.9 Å². The number of phenolic OH excluding ortho intramolecular Hbond substituents is 2. The summed E-state index contributed by atoms with van der Waals surface area (Å²) in [6.45, 7) is 0. The summed E-state index contributed by atoms with van der Waals surface area (Å²) in [5.74, 6) is -1.58. The van der Waals surface area contributed by atoms with Crippen LogP contribution >= 0.6 is 0 Å². The molecule has 2 N–H and O–H groups in total. The van der Waals surface area contributed by atoms with Crippen molar-refractivity contribution >= 4 is 5.97 Å². The zero-order valence-corrected chi connectivity index (χ0v) is 7.31. The molecular weight excluding hydrogens is 186 g/mol. The summed E-state index contributed by atoms with van der Waals surface area (Å²) < 4.78 is 4.37. The number of phenols is 2. The summed E-state index contributed by atoms with van der Waals surface area (Å²) in [6, 6.07) is 3.71. The highest BCUT2D eigenvalue weighted by molar-refractivity contribution is 5.95. The normalized spacial score (nSPS) is 9.14. The van der Waals surface area contributed by atoms with Gasteiger partial charge in [0.2, 0.25) is 0 Å². The third kappa shape index (κ3) is 1.59. The molecule has 72 valence electrons. The van der Waals surface area contributed by atoms with Gasteiger partial charge in [0.15, 0.2) is 0 Å². The van der Waals surface area contributed by atoms with Gasteiger partial charge in [-0.25, -0.2) is 4.79 Å². The maximum absolute atomic E-state index is 11.1. The van der Waals surface area contributed by atoms with Gasteiger partial charge in [0, 0.05) is 6.07 Å². The van der Waals surface area contributed by atoms with Gasteiger partial charge in [-0.3, -0.25) is 0 Å². The van der Waals surface area contributed by atoms with E-state index in [-0.39, 0.29) is 16.9 Å². The molecule has 0 bridgehead atoms. The number of hydrogen-bond donors (Lipinski definition) is 2. The van der Waals surface area contributed by atoms with Crippen molar-refractivity contribution in [1.82, 2.24) is 0 Å². The molecule has 5 nitrogen and oxygen atoms in total. The van der Waals surface area contributed by atoms with Gasteiger partial charge in [-0.15, -0.1) is 0 Å². The lowest BCUT2D eigenvalue weighted by molar-refractivity contribution is 0.0597. The van der Waals surface area contributed by atoms with Gasteiger partial charge in [-0.1, -0.05) is 0 Å². The molecule has 14 heavy (non-hydrogen) atoms. The van der Waals surface area contributed by atoms with E-state index in [4.69, 9.17) is 10.4 Å². The predicted octanol–water partition coefficient (Wildman–Crippen LogP) is 0.756. The Morgan fingerprint density at radius 2 is 2.14 bits per heavy atom. The number of rotatable bonds is 1. The van der Waals surface area contributed by atoms with E-state index >= 15 is 0 Å². The first-order valence-electron chi connectivity index (χ1n) is 3.64. The summed E-state index contributed by atoms with van der Waals surface area (Å²) in [5.41, 5.74) is -0.373. The van der Waals surface area contributed by atoms with E-state index in [2.05, 4.69) is 4.74 Å². The van der Waals surface area contributed by atoms with Crippen LogP contribution < -0.4 is 0 Å². The molecule has 0 heterocycles. The van der Waals surface area contributed by atoms with E-state index in [0.29, 0.717) is 0 Å². The fourth-order valence-corrected chi connectivity index (χ4v) is 1.02. The van der Waals surface area contributed by atoms with E-state index in [1.165, 1.54) is 0 Å². The number of aromatic hydroxyl groups is 2. The monoisotopic (exact) mass is 193 g/mol. The molecule has 0 amide bonds. The van der Waals surface area contributed by atoms with Crippen molar-refractivity contribution in [3.8, 4) is 17.6 Å². The van der Waals surface area contributed by atoms with Gasteiger partial charge in [-0.05, 0) is 6.07 Å². The molecule has 0 aliphatic rings. The fraction of sp³-hybridized carbons (Fsp3) is 0.111. The molecule has 0 aliphatic carbocycles. The first-order valence-corrected chi connectivity index (χ1v) is 3.64. The molecule has 0 fully saturated rings. The highest BCUT2D eigenvalue weighted by atomic mass is 16.5. The Labute approximate surface area is 79.8 Å². The van der Waals surface area contributed by atoms with Crippen molar-refractivity contribution < 1.29 is 19.7 Å². The van der Waals surface area contributed by atoms with E-state index < -0.39 is 11.7 Å². The number of methoxy groups -OCH3 is 1. The molecule has 1 aromatic rings. The summed E-state index contributed by atoms with van der Waals surface area (Å²) in [4.78, 5) is 11.1. The van der Waals surface area contributed by atoms with Crippen molar-refractivity contribution in [2.75, 3.05) is 7.11 Å². The highest BCUT2D eigenvalue weighted by Crippen LogP contribution is 2.27. The molecule has 0 saturated heterocycles. The zero-order valence-electron chi connectivity index (χ0n) is 7.31. The lowest BCUT2D eigenvalue weighted by Crippen LogP contribution is -2.04. The van der Waals surface area contributed by atoms with Crippen molar-refractivity contribution in [1.29, 1.82) is 5.26 Å². The van der Waals surface area contributed by atoms with Gasteiger partial charge < -0.3 is 14.9 Å². The van der Waals surface area contributed by atoms with Crippen LogP contribution in [0.25, 0.3) is 0 Å². The van der Waals surface area contributed by atoms with E-state index in [9.17, 15) is 9.90 Å². The summed E-state index contributed by atoms with van der Waals surface area (Å²) in [5, 5.41) is 27.0. The first kappa shape index (κ1) is 9.86. The van der Waals surface area contributed by atoms with Gasteiger partial charge in [-0.2, -0.15) is 5.26 Å². The second-order valence-corrected chi connectivity index (χ2v) is 2.49. The number of carbonyl (C=O) groups is 1. The molecule has 0 saturated carbocycles. The SMILES string of the molecule is COC(=O)c1c(O)cc(O)cc1C#N. The van der Waals surface area contributed by atoms with Crippen LogP contribution in [-0.2, 0) is 4.74 Å². The minimum absolute atomic E-state index is 0.130. The third-order valence-electron chi connectivity index (χ3n) is 1.61. The molecule has 0 spiro atoms. The molecule has 0 aliphatic heterocycles. The van der Waals surface area contributed by atoms with Crippen LogP contribution in [0, 0.1) is 11.3 Å². The fourth-order valence-electron chi connectivity index (χ4n) is 1.02. The molecular formula is C9H7NO4. The van der Waals surface area contributed by atoms with Crippen LogP contribution in [0.4, 0.5) is 0 Å². The van der Waals surface area contributed by atoms with E-state index in [0.717, 1.165) is 19.2 Å². The summed E-state index contributed by atoms with van der Waals surface area (Å²) in [7, 11) is 1.13. The van der Waals surface area contributed by atoms with Crippen LogP contribution in [-0.4, -0.2) is 23.3 Å². The molecule has 1 aromatic carbocycles. The maximum Gasteiger partial charge on any atom is 0.343 e. The minimum atomic E-state index is -0.820. The highest BCUT2D eigenvalue weighted by Gasteiger charge is 2.18. The molecule has 0 aromatic heterocycles. The maximum atomic E-state index is 11.1. The Hall–Kier alpha value is -2.22. The van der Waals surface area contributed by atoms with E-state index in [1.807, 2.05) is 0 Å². The molecule has 0 radical (unpaired) electrons. The number of nitrogens with zero attached hydrogens (tertiary/aromatic N) is 1. The number of carbonyl (C=O) groups excluding carboxylic acids is 1. The van der Waals surface area contributed by atoms with Gasteiger partial charge >= 0.3 is 5.97 Å². The minimum Gasteiger partial charge on any atom is -0.508 e. The number of nitriles is 1. The van der Waals surface area contributed by atoms with Crippen molar-refractivity contribution in [2.45, 2.75) is 0 Å². The van der Waals surface area contributed by atoms with Gasteiger partial charge in [0.25, 0.3) is 0 Å². The topological polar surface area (TPSA) is 90.6 Å². The van der Waals surface area contributed by atoms with Crippen molar-refractivity contribution in [3.63, 3.8) is 0 Å². The molecule has 0 atom stereocenters. The first-order chi connectivity index (χ1) is 6.60. The smallest absolute Gasteiger partial charge is 0.343 e. The Morgan fingerprint density at radius 1 is 1.50 bits per heavy atom. The number of benzene rings is 1. The van der Waals surface area contributed by atoms with E-state index in [1.54, 1.807) is 6.07 Å². The summed E-state index contributed by atoms with van der Waals surface area (Å²) in [6.07, 6.45) is 0. The van der Waals surface area contributed by atoms with Crippen LogP contribution in [0.15, 0.2) is 12.1 Å². The Balaban J connectivity index is 3.42. The Bertz CT molecular complexity index is 420. The number of hydrogen-bond acceptors (Lipinski definition) is 5. The Morgan fingerprint density at radius 3 is 2.64 bits per heavy atom. The second kappa shape index (κ2) is 3.66. The third-order valence-corrected chi connectivity index (χ3v) is 1.61. The lowest BCUT2D eigenvalue weighted by atomic mass is 10.1. The average Bonchev–Trinajstić information content (AvgIpc) is 2.15. The van der Waals surface area contributed by atoms with Crippen LogP contribution in [0.5, 0.6) is 11.5 Å². The van der Waals surface area contributed by atoms with Gasteiger partial charge in [0.1, 0.15) is 23.1 Å². The Kier molecular flexibility index (Phi) is 2.58. The standard InChI is InChI=1S/C9H7NO4/c1-14-9(13)8-5(4-10)2-6(11)3-7(8)12/h2-3,11-12H,1H3. The largest absolute Gasteiger partial charge is 0.508 e. The number of esters is 1. The predicted molar refractivity (Wildman–Crippen MR) is 45.8 cm³/mol. The zero-order chi connectivity index (χ0) is 10.7. The quantitative estimate of drug-likeness (QED) is 0.642. The van der Waals surface area contributed by atoms with Crippen LogP contribution in [0.2, 0.25) is 0 Å². The average molecular weight is 193 g/mol.